The van der Waals surface area contributed by atoms with E-state index in [1.54, 1.807) is 6.20 Å². The number of aryl methyl sites for hydroxylation is 1. The van der Waals surface area contributed by atoms with Gasteiger partial charge in [0.05, 0.1) is 6.42 Å². The van der Waals surface area contributed by atoms with Gasteiger partial charge in [-0.1, -0.05) is 24.3 Å². The zero-order valence-corrected chi connectivity index (χ0v) is 15.7. The van der Waals surface area contributed by atoms with Crippen molar-refractivity contribution in [1.82, 2.24) is 20.2 Å². The highest BCUT2D eigenvalue weighted by molar-refractivity contribution is 5.90. The van der Waals surface area contributed by atoms with Crippen LogP contribution in [-0.4, -0.2) is 39.9 Å². The average molecular weight is 362 g/mol. The molecule has 0 radical (unpaired) electrons. The maximum absolute atomic E-state index is 12.7. The number of nitrogens with zero attached hydrogens (tertiary/aromatic N) is 2. The first-order chi connectivity index (χ1) is 13.2. The first-order valence-electron chi connectivity index (χ1n) is 9.66. The van der Waals surface area contributed by atoms with Crippen LogP contribution in [0, 0.1) is 6.92 Å². The number of rotatable bonds is 5. The van der Waals surface area contributed by atoms with E-state index in [1.165, 1.54) is 5.56 Å². The number of fused-ring (bicyclic) bond motifs is 1. The fraction of sp³-hybridized carbons (Fsp3) is 0.364. The average Bonchev–Trinajstić information content (AvgIpc) is 2.98. The molecule has 4 rings (SSSR count). The Labute approximate surface area is 159 Å². The quantitative estimate of drug-likeness (QED) is 0.733. The van der Waals surface area contributed by atoms with Crippen LogP contribution in [0.1, 0.15) is 29.7 Å². The van der Waals surface area contributed by atoms with Crippen LogP contribution in [0.2, 0.25) is 0 Å². The molecule has 3 heterocycles. The van der Waals surface area contributed by atoms with E-state index < -0.39 is 0 Å². The maximum atomic E-state index is 12.7. The third kappa shape index (κ3) is 4.19. The van der Waals surface area contributed by atoms with Gasteiger partial charge < -0.3 is 10.3 Å². The van der Waals surface area contributed by atoms with E-state index in [1.807, 2.05) is 31.3 Å². The summed E-state index contributed by atoms with van der Waals surface area (Å²) in [5, 5.41) is 4.40. The minimum Gasteiger partial charge on any atom is -0.358 e. The first kappa shape index (κ1) is 17.7. The van der Waals surface area contributed by atoms with Crippen molar-refractivity contribution in [1.29, 1.82) is 0 Å². The molecular weight excluding hydrogens is 336 g/mol. The number of hydrogen-bond donors (Lipinski definition) is 2. The summed E-state index contributed by atoms with van der Waals surface area (Å²) in [6.07, 6.45) is 6.30. The third-order valence-electron chi connectivity index (χ3n) is 5.36. The smallest absolute Gasteiger partial charge is 0.224 e. The lowest BCUT2D eigenvalue weighted by atomic mass is 10.0. The summed E-state index contributed by atoms with van der Waals surface area (Å²) in [6.45, 7) is 4.90. The van der Waals surface area contributed by atoms with Gasteiger partial charge in [0, 0.05) is 48.1 Å². The van der Waals surface area contributed by atoms with E-state index in [9.17, 15) is 4.79 Å². The lowest BCUT2D eigenvalue weighted by molar-refractivity contribution is -0.121. The highest BCUT2D eigenvalue weighted by atomic mass is 16.1. The number of piperidine rings is 1. The largest absolute Gasteiger partial charge is 0.358 e. The van der Waals surface area contributed by atoms with Crippen molar-refractivity contribution < 1.29 is 4.79 Å². The number of amides is 1. The van der Waals surface area contributed by atoms with E-state index in [0.29, 0.717) is 6.42 Å². The molecule has 1 aliphatic heterocycles. The predicted molar refractivity (Wildman–Crippen MR) is 107 cm³/mol. The zero-order valence-electron chi connectivity index (χ0n) is 15.7. The minimum atomic E-state index is 0.107. The van der Waals surface area contributed by atoms with Crippen LogP contribution in [0.4, 0.5) is 0 Å². The molecule has 0 bridgehead atoms. The van der Waals surface area contributed by atoms with Gasteiger partial charge in [0.2, 0.25) is 5.91 Å². The van der Waals surface area contributed by atoms with Gasteiger partial charge >= 0.3 is 0 Å². The molecule has 1 fully saturated rings. The number of carbonyl (C=O) groups excluding carboxylic acids is 1. The molecule has 2 aromatic heterocycles. The van der Waals surface area contributed by atoms with Crippen molar-refractivity contribution in [3.8, 4) is 0 Å². The Morgan fingerprint density at radius 3 is 3.04 bits per heavy atom. The Hall–Kier alpha value is -2.66. The van der Waals surface area contributed by atoms with Gasteiger partial charge in [0.25, 0.3) is 0 Å². The van der Waals surface area contributed by atoms with Crippen molar-refractivity contribution in [2.24, 2.45) is 0 Å². The van der Waals surface area contributed by atoms with E-state index in [-0.39, 0.29) is 11.9 Å². The Kier molecular flexibility index (Phi) is 5.21. The van der Waals surface area contributed by atoms with Gasteiger partial charge in [0.1, 0.15) is 0 Å². The molecular formula is C22H26N4O. The third-order valence-corrected chi connectivity index (χ3v) is 5.36. The van der Waals surface area contributed by atoms with Gasteiger partial charge in [-0.15, -0.1) is 0 Å². The van der Waals surface area contributed by atoms with Gasteiger partial charge in [-0.3, -0.25) is 14.7 Å². The molecule has 1 aliphatic rings. The fourth-order valence-electron chi connectivity index (χ4n) is 4.07. The number of carbonyl (C=O) groups is 1. The van der Waals surface area contributed by atoms with Crippen molar-refractivity contribution in [3.05, 3.63) is 65.6 Å². The number of hydrogen-bond acceptors (Lipinski definition) is 3. The lowest BCUT2D eigenvalue weighted by Crippen LogP contribution is -2.47. The van der Waals surface area contributed by atoms with Crippen molar-refractivity contribution in [3.63, 3.8) is 0 Å². The summed E-state index contributed by atoms with van der Waals surface area (Å²) in [7, 11) is 0. The van der Waals surface area contributed by atoms with Crippen LogP contribution in [0.15, 0.2) is 48.8 Å². The van der Waals surface area contributed by atoms with Gasteiger partial charge in [0.15, 0.2) is 0 Å². The Morgan fingerprint density at radius 2 is 2.19 bits per heavy atom. The van der Waals surface area contributed by atoms with E-state index in [2.05, 4.69) is 38.4 Å². The molecule has 1 amide bonds. The van der Waals surface area contributed by atoms with Crippen molar-refractivity contribution in [2.75, 3.05) is 13.1 Å². The summed E-state index contributed by atoms with van der Waals surface area (Å²) in [4.78, 5) is 22.7. The van der Waals surface area contributed by atoms with E-state index in [4.69, 9.17) is 0 Å². The molecule has 5 nitrogen and oxygen atoms in total. The number of aromatic amines is 1. The van der Waals surface area contributed by atoms with E-state index >= 15 is 0 Å². The highest BCUT2D eigenvalue weighted by Crippen LogP contribution is 2.22. The second kappa shape index (κ2) is 7.92. The molecule has 0 unspecified atom stereocenters. The van der Waals surface area contributed by atoms with E-state index in [0.717, 1.165) is 54.6 Å². The Morgan fingerprint density at radius 1 is 1.30 bits per heavy atom. The highest BCUT2D eigenvalue weighted by Gasteiger charge is 2.22. The van der Waals surface area contributed by atoms with Crippen LogP contribution in [0.3, 0.4) is 0 Å². The first-order valence-corrected chi connectivity index (χ1v) is 9.66. The van der Waals surface area contributed by atoms with Gasteiger partial charge in [-0.05, 0) is 49.6 Å². The molecule has 1 aromatic carbocycles. The lowest BCUT2D eigenvalue weighted by Gasteiger charge is -2.33. The summed E-state index contributed by atoms with van der Waals surface area (Å²) in [6, 6.07) is 12.5. The molecule has 1 saturated heterocycles. The van der Waals surface area contributed by atoms with Crippen LogP contribution in [-0.2, 0) is 17.8 Å². The number of H-pyrrole nitrogens is 1. The molecule has 27 heavy (non-hydrogen) atoms. The van der Waals surface area contributed by atoms with Gasteiger partial charge in [-0.25, -0.2) is 0 Å². The van der Waals surface area contributed by atoms with Crippen LogP contribution in [0.5, 0.6) is 0 Å². The minimum absolute atomic E-state index is 0.107. The Balaban J connectivity index is 1.37. The SMILES string of the molecule is Cc1[nH]c2ccccc2c1CC(=O)N[C@@H]1CCCN(Cc2cccnc2)C1. The molecule has 1 atom stereocenters. The molecule has 140 valence electrons. The standard InChI is InChI=1S/C22H26N4O/c1-16-20(19-8-2-3-9-21(19)24-16)12-22(27)25-18-7-5-11-26(15-18)14-17-6-4-10-23-13-17/h2-4,6,8-10,13,18,24H,5,7,11-12,14-15H2,1H3,(H,25,27)/t18-/m1/s1. The summed E-state index contributed by atoms with van der Waals surface area (Å²) in [5.74, 6) is 0.107. The molecule has 2 N–H and O–H groups in total. The number of aromatic nitrogens is 2. The second-order valence-electron chi connectivity index (χ2n) is 7.45. The van der Waals surface area contributed by atoms with Crippen LogP contribution >= 0.6 is 0 Å². The number of pyridine rings is 1. The Bertz CT molecular complexity index is 918. The number of likely N-dealkylation sites (tertiary alicyclic amines) is 1. The normalized spacial score (nSPS) is 17.9. The maximum Gasteiger partial charge on any atom is 0.224 e. The zero-order chi connectivity index (χ0) is 18.6. The number of nitrogens with one attached hydrogen (secondary N) is 2. The summed E-state index contributed by atoms with van der Waals surface area (Å²) in [5.41, 5.74) is 4.50. The van der Waals surface area contributed by atoms with Crippen LogP contribution < -0.4 is 5.32 Å². The number of benzene rings is 1. The molecule has 0 saturated carbocycles. The monoisotopic (exact) mass is 362 g/mol. The van der Waals surface area contributed by atoms with Crippen molar-refractivity contribution >= 4 is 16.8 Å². The second-order valence-corrected chi connectivity index (χ2v) is 7.45. The molecule has 0 aliphatic carbocycles. The van der Waals surface area contributed by atoms with Gasteiger partial charge in [-0.2, -0.15) is 0 Å². The fourth-order valence-corrected chi connectivity index (χ4v) is 4.07. The van der Waals surface area contributed by atoms with Crippen LogP contribution in [0.25, 0.3) is 10.9 Å². The number of para-hydroxylation sites is 1. The topological polar surface area (TPSA) is 61.0 Å². The predicted octanol–water partition coefficient (Wildman–Crippen LogP) is 3.19. The molecule has 3 aromatic rings. The molecule has 5 heteroatoms. The van der Waals surface area contributed by atoms with Crippen molar-refractivity contribution in [2.45, 2.75) is 38.8 Å². The molecule has 0 spiro atoms. The summed E-state index contributed by atoms with van der Waals surface area (Å²) >= 11 is 0. The summed E-state index contributed by atoms with van der Waals surface area (Å²) < 4.78 is 0.